The Labute approximate surface area is 97.8 Å². The standard InChI is InChI=1S/C12H15F4N/c1-8-6-9(4-3-5-17-2)7-10(11(8)13)12(14,15)16/h6-7,17H,3-5H2,1-2H3. The molecule has 17 heavy (non-hydrogen) atoms. The number of hydrogen-bond donors (Lipinski definition) is 1. The molecule has 96 valence electrons. The quantitative estimate of drug-likeness (QED) is 0.637. The molecule has 0 atom stereocenters. The first-order valence-electron chi connectivity index (χ1n) is 5.37. The minimum atomic E-state index is -4.63. The van der Waals surface area contributed by atoms with Crippen LogP contribution in [-0.4, -0.2) is 13.6 Å². The second-order valence-corrected chi connectivity index (χ2v) is 3.98. The monoisotopic (exact) mass is 249 g/mol. The summed E-state index contributed by atoms with van der Waals surface area (Å²) in [6, 6.07) is 2.37. The molecule has 0 amide bonds. The molecule has 0 fully saturated rings. The summed E-state index contributed by atoms with van der Waals surface area (Å²) in [5.74, 6) is -1.17. The molecule has 1 nitrogen and oxygen atoms in total. The van der Waals surface area contributed by atoms with Crippen LogP contribution in [-0.2, 0) is 12.6 Å². The van der Waals surface area contributed by atoms with E-state index in [-0.39, 0.29) is 5.56 Å². The molecule has 0 saturated carbocycles. The van der Waals surface area contributed by atoms with E-state index in [0.717, 1.165) is 19.0 Å². The van der Waals surface area contributed by atoms with Gasteiger partial charge in [0.05, 0.1) is 5.56 Å². The molecule has 1 N–H and O–H groups in total. The zero-order valence-corrected chi connectivity index (χ0v) is 9.79. The number of hydrogen-bond acceptors (Lipinski definition) is 1. The average molecular weight is 249 g/mol. The molecule has 5 heteroatoms. The van der Waals surface area contributed by atoms with Crippen molar-refractivity contribution in [3.05, 3.63) is 34.6 Å². The Hall–Kier alpha value is -1.10. The van der Waals surface area contributed by atoms with Gasteiger partial charge >= 0.3 is 6.18 Å². The van der Waals surface area contributed by atoms with Crippen LogP contribution in [0.3, 0.4) is 0 Å². The Morgan fingerprint density at radius 3 is 2.41 bits per heavy atom. The van der Waals surface area contributed by atoms with Gasteiger partial charge in [0.1, 0.15) is 5.82 Å². The number of rotatable bonds is 4. The van der Waals surface area contributed by atoms with Crippen LogP contribution in [0.4, 0.5) is 17.6 Å². The van der Waals surface area contributed by atoms with Gasteiger partial charge in [0.25, 0.3) is 0 Å². The molecule has 0 spiro atoms. The van der Waals surface area contributed by atoms with Crippen molar-refractivity contribution in [3.63, 3.8) is 0 Å². The van der Waals surface area contributed by atoms with E-state index in [4.69, 9.17) is 0 Å². The summed E-state index contributed by atoms with van der Waals surface area (Å²) in [4.78, 5) is 0. The Morgan fingerprint density at radius 2 is 1.88 bits per heavy atom. The van der Waals surface area contributed by atoms with Crippen molar-refractivity contribution in [2.75, 3.05) is 13.6 Å². The minimum absolute atomic E-state index is 0.0410. The van der Waals surface area contributed by atoms with E-state index in [1.807, 2.05) is 0 Å². The molecule has 1 rings (SSSR count). The van der Waals surface area contributed by atoms with Crippen LogP contribution in [0.25, 0.3) is 0 Å². The highest BCUT2D eigenvalue weighted by atomic mass is 19.4. The third-order valence-corrected chi connectivity index (χ3v) is 2.51. The minimum Gasteiger partial charge on any atom is -0.320 e. The lowest BCUT2D eigenvalue weighted by Gasteiger charge is -2.12. The molecule has 0 aliphatic carbocycles. The summed E-state index contributed by atoms with van der Waals surface area (Å²) < 4.78 is 51.0. The average Bonchev–Trinajstić information content (AvgIpc) is 2.21. The van der Waals surface area contributed by atoms with Gasteiger partial charge in [-0.2, -0.15) is 13.2 Å². The van der Waals surface area contributed by atoms with Crippen LogP contribution in [0.1, 0.15) is 23.1 Å². The Kier molecular flexibility index (Phi) is 4.51. The van der Waals surface area contributed by atoms with Crippen LogP contribution < -0.4 is 5.32 Å². The van der Waals surface area contributed by atoms with Gasteiger partial charge in [0.2, 0.25) is 0 Å². The summed E-state index contributed by atoms with van der Waals surface area (Å²) in [5.41, 5.74) is -0.609. The number of nitrogens with one attached hydrogen (secondary N) is 1. The molecular weight excluding hydrogens is 234 g/mol. The third kappa shape index (κ3) is 3.70. The fourth-order valence-corrected chi connectivity index (χ4v) is 1.66. The number of halogens is 4. The van der Waals surface area contributed by atoms with E-state index in [0.29, 0.717) is 12.0 Å². The molecule has 0 aliphatic rings. The number of benzene rings is 1. The van der Waals surface area contributed by atoms with E-state index in [9.17, 15) is 17.6 Å². The molecule has 0 aliphatic heterocycles. The maximum Gasteiger partial charge on any atom is 0.419 e. The zero-order chi connectivity index (χ0) is 13.1. The third-order valence-electron chi connectivity index (χ3n) is 2.51. The zero-order valence-electron chi connectivity index (χ0n) is 9.79. The van der Waals surface area contributed by atoms with Gasteiger partial charge in [-0.15, -0.1) is 0 Å². The van der Waals surface area contributed by atoms with Gasteiger partial charge in [-0.3, -0.25) is 0 Å². The predicted octanol–water partition coefficient (Wildman–Crippen LogP) is 3.30. The van der Waals surface area contributed by atoms with Gasteiger partial charge in [-0.05, 0) is 50.6 Å². The van der Waals surface area contributed by atoms with Crippen LogP contribution >= 0.6 is 0 Å². The number of aryl methyl sites for hydroxylation is 2. The lowest BCUT2D eigenvalue weighted by molar-refractivity contribution is -0.140. The first-order chi connectivity index (χ1) is 7.86. The molecule has 0 aromatic heterocycles. The van der Waals surface area contributed by atoms with Crippen LogP contribution in [0, 0.1) is 12.7 Å². The van der Waals surface area contributed by atoms with Crippen LogP contribution in [0.2, 0.25) is 0 Å². The Morgan fingerprint density at radius 1 is 1.24 bits per heavy atom. The topological polar surface area (TPSA) is 12.0 Å². The lowest BCUT2D eigenvalue weighted by atomic mass is 10.0. The normalized spacial score (nSPS) is 11.9. The summed E-state index contributed by atoms with van der Waals surface area (Å²) in [6.45, 7) is 2.07. The van der Waals surface area contributed by atoms with Gasteiger partial charge < -0.3 is 5.32 Å². The van der Waals surface area contributed by atoms with Crippen molar-refractivity contribution in [1.82, 2.24) is 5.32 Å². The lowest BCUT2D eigenvalue weighted by Crippen LogP contribution is -2.12. The fourth-order valence-electron chi connectivity index (χ4n) is 1.66. The van der Waals surface area contributed by atoms with E-state index in [2.05, 4.69) is 5.32 Å². The van der Waals surface area contributed by atoms with Crippen molar-refractivity contribution in [1.29, 1.82) is 0 Å². The molecule has 0 saturated heterocycles. The summed E-state index contributed by atoms with van der Waals surface area (Å²) in [7, 11) is 1.77. The van der Waals surface area contributed by atoms with Crippen molar-refractivity contribution in [3.8, 4) is 0 Å². The molecule has 0 heterocycles. The second kappa shape index (κ2) is 5.49. The van der Waals surface area contributed by atoms with Crippen molar-refractivity contribution in [2.24, 2.45) is 0 Å². The van der Waals surface area contributed by atoms with E-state index in [1.165, 1.54) is 13.0 Å². The van der Waals surface area contributed by atoms with E-state index >= 15 is 0 Å². The summed E-state index contributed by atoms with van der Waals surface area (Å²) >= 11 is 0. The fraction of sp³-hybridized carbons (Fsp3) is 0.500. The molecule has 0 radical (unpaired) electrons. The largest absolute Gasteiger partial charge is 0.419 e. The van der Waals surface area contributed by atoms with Gasteiger partial charge in [-0.25, -0.2) is 4.39 Å². The summed E-state index contributed by atoms with van der Waals surface area (Å²) in [5, 5.41) is 2.91. The van der Waals surface area contributed by atoms with Crippen LogP contribution in [0.5, 0.6) is 0 Å². The first-order valence-corrected chi connectivity index (χ1v) is 5.37. The van der Waals surface area contributed by atoms with Crippen LogP contribution in [0.15, 0.2) is 12.1 Å². The van der Waals surface area contributed by atoms with Crippen molar-refractivity contribution in [2.45, 2.75) is 25.9 Å². The molecule has 1 aromatic rings. The van der Waals surface area contributed by atoms with Gasteiger partial charge in [0.15, 0.2) is 0 Å². The number of alkyl halides is 3. The van der Waals surface area contributed by atoms with Gasteiger partial charge in [-0.1, -0.05) is 6.07 Å². The highest BCUT2D eigenvalue weighted by Crippen LogP contribution is 2.33. The Bertz CT molecular complexity index is 385. The summed E-state index contributed by atoms with van der Waals surface area (Å²) in [6.07, 6.45) is -3.40. The second-order valence-electron chi connectivity index (χ2n) is 3.98. The molecule has 0 unspecified atom stereocenters. The predicted molar refractivity (Wildman–Crippen MR) is 58.4 cm³/mol. The highest BCUT2D eigenvalue weighted by Gasteiger charge is 2.34. The van der Waals surface area contributed by atoms with Gasteiger partial charge in [0, 0.05) is 0 Å². The van der Waals surface area contributed by atoms with E-state index < -0.39 is 17.6 Å². The Balaban J connectivity index is 2.98. The maximum absolute atomic E-state index is 13.3. The SMILES string of the molecule is CNCCCc1cc(C)c(F)c(C(F)(F)F)c1. The maximum atomic E-state index is 13.3. The van der Waals surface area contributed by atoms with Crippen molar-refractivity contribution >= 4 is 0 Å². The molecular formula is C12H15F4N. The van der Waals surface area contributed by atoms with E-state index in [1.54, 1.807) is 7.05 Å². The molecule has 0 bridgehead atoms. The highest BCUT2D eigenvalue weighted by molar-refractivity contribution is 5.33. The van der Waals surface area contributed by atoms with Crippen molar-refractivity contribution < 1.29 is 17.6 Å². The smallest absolute Gasteiger partial charge is 0.320 e. The first kappa shape index (κ1) is 14.0. The molecule has 1 aromatic carbocycles.